The number of rotatable bonds is 8. The van der Waals surface area contributed by atoms with Crippen LogP contribution >= 0.6 is 15.9 Å². The van der Waals surface area contributed by atoms with Crippen LogP contribution in [0.25, 0.3) is 0 Å². The van der Waals surface area contributed by atoms with E-state index >= 15 is 0 Å². The van der Waals surface area contributed by atoms with E-state index in [0.717, 1.165) is 32.5 Å². The van der Waals surface area contributed by atoms with Gasteiger partial charge in [0, 0.05) is 4.47 Å². The van der Waals surface area contributed by atoms with E-state index in [1.807, 2.05) is 80.6 Å². The second-order valence-electron chi connectivity index (χ2n) is 6.80. The summed E-state index contributed by atoms with van der Waals surface area (Å²) in [5.74, 6) is 1.11. The van der Waals surface area contributed by atoms with Crippen molar-refractivity contribution in [3.8, 4) is 11.5 Å². The van der Waals surface area contributed by atoms with Gasteiger partial charge in [-0.15, -0.1) is 0 Å². The quantitative estimate of drug-likeness (QED) is 0.367. The first kappa shape index (κ1) is 21.6. The first-order valence-corrected chi connectivity index (χ1v) is 10.3. The molecule has 0 unspecified atom stereocenters. The molecule has 0 spiro atoms. The smallest absolute Gasteiger partial charge is 0.277 e. The molecule has 0 saturated heterocycles. The Bertz CT molecular complexity index is 1010. The van der Waals surface area contributed by atoms with Crippen molar-refractivity contribution in [3.63, 3.8) is 0 Å². The lowest BCUT2D eigenvalue weighted by Crippen LogP contribution is -2.25. The van der Waals surface area contributed by atoms with Crippen molar-refractivity contribution in [2.45, 2.75) is 20.5 Å². The Labute approximate surface area is 184 Å². The molecule has 0 aliphatic carbocycles. The SMILES string of the molecule is Cc1cc(Br)cc(C)c1OCC(=O)N/N=C\c1cccc(OCc2ccccc2)c1. The largest absolute Gasteiger partial charge is 0.489 e. The maximum atomic E-state index is 12.0. The van der Waals surface area contributed by atoms with Crippen molar-refractivity contribution in [1.29, 1.82) is 0 Å². The molecule has 5 nitrogen and oxygen atoms in total. The lowest BCUT2D eigenvalue weighted by molar-refractivity contribution is -0.123. The van der Waals surface area contributed by atoms with Gasteiger partial charge in [-0.05, 0) is 60.4 Å². The van der Waals surface area contributed by atoms with Gasteiger partial charge >= 0.3 is 0 Å². The number of benzene rings is 3. The van der Waals surface area contributed by atoms with Crippen LogP contribution < -0.4 is 14.9 Å². The molecule has 0 aromatic heterocycles. The van der Waals surface area contributed by atoms with Gasteiger partial charge in [0.1, 0.15) is 18.1 Å². The third-order valence-electron chi connectivity index (χ3n) is 4.28. The molecule has 3 aromatic rings. The molecule has 0 saturated carbocycles. The minimum absolute atomic E-state index is 0.110. The molecule has 0 atom stereocenters. The molecule has 0 bridgehead atoms. The minimum atomic E-state index is -0.329. The Morgan fingerprint density at radius 2 is 1.73 bits per heavy atom. The first-order valence-electron chi connectivity index (χ1n) is 9.49. The number of hydrogen-bond donors (Lipinski definition) is 1. The van der Waals surface area contributed by atoms with Crippen LogP contribution in [0.4, 0.5) is 0 Å². The van der Waals surface area contributed by atoms with Crippen LogP contribution in [-0.4, -0.2) is 18.7 Å². The normalized spacial score (nSPS) is 10.8. The predicted molar refractivity (Wildman–Crippen MR) is 122 cm³/mol. The van der Waals surface area contributed by atoms with Crippen molar-refractivity contribution in [2.24, 2.45) is 5.10 Å². The molecule has 1 amide bonds. The van der Waals surface area contributed by atoms with Gasteiger partial charge in [-0.25, -0.2) is 5.43 Å². The average Bonchev–Trinajstić information content (AvgIpc) is 2.72. The number of halogens is 1. The van der Waals surface area contributed by atoms with E-state index in [0.29, 0.717) is 12.4 Å². The third kappa shape index (κ3) is 6.46. The first-order chi connectivity index (χ1) is 14.5. The van der Waals surface area contributed by atoms with Crippen LogP contribution in [0.1, 0.15) is 22.3 Å². The van der Waals surface area contributed by atoms with Gasteiger partial charge in [-0.3, -0.25) is 4.79 Å². The fraction of sp³-hybridized carbons (Fsp3) is 0.167. The van der Waals surface area contributed by atoms with E-state index in [1.165, 1.54) is 0 Å². The fourth-order valence-corrected chi connectivity index (χ4v) is 3.59. The van der Waals surface area contributed by atoms with E-state index in [1.54, 1.807) is 6.21 Å². The van der Waals surface area contributed by atoms with Crippen LogP contribution in [0.2, 0.25) is 0 Å². The molecular formula is C24H23BrN2O3. The molecule has 0 radical (unpaired) electrons. The van der Waals surface area contributed by atoms with Crippen LogP contribution in [0.15, 0.2) is 76.3 Å². The number of hydrazone groups is 1. The molecule has 3 rings (SSSR count). The van der Waals surface area contributed by atoms with Crippen LogP contribution in [0.5, 0.6) is 11.5 Å². The van der Waals surface area contributed by atoms with Gasteiger partial charge < -0.3 is 9.47 Å². The fourth-order valence-electron chi connectivity index (χ4n) is 2.90. The number of carbonyl (C=O) groups excluding carboxylic acids is 1. The van der Waals surface area contributed by atoms with Crippen LogP contribution in [0, 0.1) is 13.8 Å². The molecular weight excluding hydrogens is 444 g/mol. The van der Waals surface area contributed by atoms with Gasteiger partial charge in [0.05, 0.1) is 6.21 Å². The van der Waals surface area contributed by atoms with Crippen molar-refractivity contribution < 1.29 is 14.3 Å². The molecule has 3 aromatic carbocycles. The molecule has 0 fully saturated rings. The maximum Gasteiger partial charge on any atom is 0.277 e. The highest BCUT2D eigenvalue weighted by Crippen LogP contribution is 2.27. The summed E-state index contributed by atoms with van der Waals surface area (Å²) < 4.78 is 12.4. The Kier molecular flexibility index (Phi) is 7.63. The van der Waals surface area contributed by atoms with Gasteiger partial charge in [0.15, 0.2) is 6.61 Å². The van der Waals surface area contributed by atoms with E-state index in [-0.39, 0.29) is 12.5 Å². The number of nitrogens with one attached hydrogen (secondary N) is 1. The molecule has 1 N–H and O–H groups in total. The summed E-state index contributed by atoms with van der Waals surface area (Å²) in [5, 5.41) is 4.00. The van der Waals surface area contributed by atoms with Gasteiger partial charge in [0.25, 0.3) is 5.91 Å². The molecule has 0 aliphatic heterocycles. The Balaban J connectivity index is 1.49. The highest BCUT2D eigenvalue weighted by Gasteiger charge is 2.08. The highest BCUT2D eigenvalue weighted by atomic mass is 79.9. The average molecular weight is 467 g/mol. The highest BCUT2D eigenvalue weighted by molar-refractivity contribution is 9.10. The van der Waals surface area contributed by atoms with Crippen molar-refractivity contribution >= 4 is 28.1 Å². The number of ether oxygens (including phenoxy) is 2. The topological polar surface area (TPSA) is 59.9 Å². The monoisotopic (exact) mass is 466 g/mol. The summed E-state index contributed by atoms with van der Waals surface area (Å²) in [7, 11) is 0. The van der Waals surface area contributed by atoms with Crippen molar-refractivity contribution in [3.05, 3.63) is 93.5 Å². The Morgan fingerprint density at radius 1 is 1.00 bits per heavy atom. The second kappa shape index (κ2) is 10.6. The molecule has 30 heavy (non-hydrogen) atoms. The second-order valence-corrected chi connectivity index (χ2v) is 7.71. The molecule has 0 heterocycles. The zero-order valence-corrected chi connectivity index (χ0v) is 18.5. The number of nitrogens with zero attached hydrogens (tertiary/aromatic N) is 1. The number of hydrogen-bond acceptors (Lipinski definition) is 4. The lowest BCUT2D eigenvalue weighted by atomic mass is 10.1. The molecule has 6 heteroatoms. The van der Waals surface area contributed by atoms with Gasteiger partial charge in [-0.1, -0.05) is 58.4 Å². The van der Waals surface area contributed by atoms with E-state index < -0.39 is 0 Å². The standard InChI is InChI=1S/C24H23BrN2O3/c1-17-11-21(25)12-18(2)24(17)30-16-23(28)27-26-14-20-9-6-10-22(13-20)29-15-19-7-4-3-5-8-19/h3-14H,15-16H2,1-2H3,(H,27,28)/b26-14-. The Hall–Kier alpha value is -3.12. The summed E-state index contributed by atoms with van der Waals surface area (Å²) in [6, 6.07) is 21.4. The van der Waals surface area contributed by atoms with Crippen molar-refractivity contribution in [1.82, 2.24) is 5.43 Å². The molecule has 0 aliphatic rings. The maximum absolute atomic E-state index is 12.0. The van der Waals surface area contributed by atoms with Gasteiger partial charge in [0.2, 0.25) is 0 Å². The van der Waals surface area contributed by atoms with E-state index in [9.17, 15) is 4.79 Å². The predicted octanol–water partition coefficient (Wildman–Crippen LogP) is 5.17. The van der Waals surface area contributed by atoms with Crippen LogP contribution in [0.3, 0.4) is 0 Å². The summed E-state index contributed by atoms with van der Waals surface area (Å²) in [5.41, 5.74) is 6.33. The lowest BCUT2D eigenvalue weighted by Gasteiger charge is -2.11. The zero-order chi connectivity index (χ0) is 21.3. The van der Waals surface area contributed by atoms with Crippen LogP contribution in [-0.2, 0) is 11.4 Å². The minimum Gasteiger partial charge on any atom is -0.489 e. The number of carbonyl (C=O) groups is 1. The van der Waals surface area contributed by atoms with E-state index in [4.69, 9.17) is 9.47 Å². The summed E-state index contributed by atoms with van der Waals surface area (Å²) in [4.78, 5) is 12.0. The Morgan fingerprint density at radius 3 is 2.47 bits per heavy atom. The summed E-state index contributed by atoms with van der Waals surface area (Å²) in [6.45, 7) is 4.26. The summed E-state index contributed by atoms with van der Waals surface area (Å²) >= 11 is 3.45. The zero-order valence-electron chi connectivity index (χ0n) is 16.9. The summed E-state index contributed by atoms with van der Waals surface area (Å²) in [6.07, 6.45) is 1.57. The number of amides is 1. The van der Waals surface area contributed by atoms with Crippen molar-refractivity contribution in [2.75, 3.05) is 6.61 Å². The number of aryl methyl sites for hydroxylation is 2. The van der Waals surface area contributed by atoms with Gasteiger partial charge in [-0.2, -0.15) is 5.10 Å². The molecule has 154 valence electrons. The third-order valence-corrected chi connectivity index (χ3v) is 4.74. The van der Waals surface area contributed by atoms with E-state index in [2.05, 4.69) is 26.5 Å².